The Bertz CT molecular complexity index is 356. The van der Waals surface area contributed by atoms with Crippen molar-refractivity contribution in [2.45, 2.75) is 52.4 Å². The van der Waals surface area contributed by atoms with Gasteiger partial charge in [0.15, 0.2) is 0 Å². The molecule has 0 aliphatic carbocycles. The lowest BCUT2D eigenvalue weighted by Crippen LogP contribution is -1.97. The molecule has 0 aliphatic heterocycles. The van der Waals surface area contributed by atoms with Crippen LogP contribution in [0.15, 0.2) is 24.3 Å². The molecule has 0 bridgehead atoms. The highest BCUT2D eigenvalue weighted by Gasteiger charge is 2.00. The fraction of sp³-hybridized carbons (Fsp3) is 0.500. The molecule has 4 heteroatoms. The lowest BCUT2D eigenvalue weighted by molar-refractivity contribution is -0.138. The van der Waals surface area contributed by atoms with Gasteiger partial charge in [-0.3, -0.25) is 9.59 Å². The molecule has 112 valence electrons. The second kappa shape index (κ2) is 11.0. The Morgan fingerprint density at radius 3 is 1.35 bits per heavy atom. The van der Waals surface area contributed by atoms with Gasteiger partial charge in [-0.15, -0.1) is 0 Å². The number of carboxylic acid groups (broad SMARTS) is 2. The van der Waals surface area contributed by atoms with Crippen molar-refractivity contribution in [2.75, 3.05) is 0 Å². The van der Waals surface area contributed by atoms with Crippen LogP contribution in [0.2, 0.25) is 0 Å². The molecule has 1 rings (SSSR count). The predicted molar refractivity (Wildman–Crippen MR) is 78.9 cm³/mol. The monoisotopic (exact) mass is 280 g/mol. The Morgan fingerprint density at radius 2 is 1.10 bits per heavy atom. The van der Waals surface area contributed by atoms with Gasteiger partial charge in [0.2, 0.25) is 0 Å². The third kappa shape index (κ3) is 9.14. The molecule has 0 saturated carbocycles. The lowest BCUT2D eigenvalue weighted by atomic mass is 10.0. The fourth-order valence-electron chi connectivity index (χ4n) is 1.76. The first-order valence-corrected chi connectivity index (χ1v) is 7.09. The molecule has 0 amide bonds. The van der Waals surface area contributed by atoms with Crippen LogP contribution in [0.3, 0.4) is 0 Å². The summed E-state index contributed by atoms with van der Waals surface area (Å²) in [6, 6.07) is 7.94. The number of hydrogen-bond acceptors (Lipinski definition) is 2. The summed E-state index contributed by atoms with van der Waals surface area (Å²) >= 11 is 0. The summed E-state index contributed by atoms with van der Waals surface area (Å²) in [5, 5.41) is 17.1. The molecule has 0 atom stereocenters. The van der Waals surface area contributed by atoms with Crippen LogP contribution in [0.5, 0.6) is 0 Å². The van der Waals surface area contributed by atoms with Crippen LogP contribution >= 0.6 is 0 Å². The average molecular weight is 280 g/mol. The number of hydrogen-bond donors (Lipinski definition) is 2. The van der Waals surface area contributed by atoms with E-state index in [1.807, 2.05) is 38.1 Å². The van der Waals surface area contributed by atoms with E-state index in [-0.39, 0.29) is 12.8 Å². The first-order chi connectivity index (χ1) is 9.58. The number of rotatable bonds is 8. The van der Waals surface area contributed by atoms with Crippen molar-refractivity contribution >= 4 is 11.9 Å². The molecule has 0 heterocycles. The van der Waals surface area contributed by atoms with Crippen LogP contribution in [0.4, 0.5) is 0 Å². The van der Waals surface area contributed by atoms with Gasteiger partial charge >= 0.3 is 11.9 Å². The van der Waals surface area contributed by atoms with Gasteiger partial charge in [-0.2, -0.15) is 0 Å². The maximum atomic E-state index is 10.4. The summed E-state index contributed by atoms with van der Waals surface area (Å²) in [5.41, 5.74) is 2.25. The summed E-state index contributed by atoms with van der Waals surface area (Å²) in [6.45, 7) is 4.00. The number of carbonyl (C=O) groups is 2. The molecule has 0 unspecified atom stereocenters. The minimum Gasteiger partial charge on any atom is -0.481 e. The zero-order valence-corrected chi connectivity index (χ0v) is 12.3. The number of aliphatic carboxylic acids is 2. The molecule has 0 radical (unpaired) electrons. The van der Waals surface area contributed by atoms with Gasteiger partial charge < -0.3 is 10.2 Å². The molecular weight excluding hydrogens is 256 g/mol. The van der Waals surface area contributed by atoms with Gasteiger partial charge in [0, 0.05) is 12.8 Å². The third-order valence-corrected chi connectivity index (χ3v) is 2.74. The zero-order valence-electron chi connectivity index (χ0n) is 12.3. The summed E-state index contributed by atoms with van der Waals surface area (Å²) in [7, 11) is 0. The SMILES string of the molecule is CC.O=C(O)CCCc1ccc(CCCC(=O)O)cc1. The minimum absolute atomic E-state index is 0.195. The highest BCUT2D eigenvalue weighted by atomic mass is 16.4. The van der Waals surface area contributed by atoms with Crippen LogP contribution in [0.1, 0.15) is 50.7 Å². The Hall–Kier alpha value is -1.84. The minimum atomic E-state index is -0.764. The van der Waals surface area contributed by atoms with Crippen LogP contribution in [0, 0.1) is 0 Å². The Morgan fingerprint density at radius 1 is 0.800 bits per heavy atom. The van der Waals surface area contributed by atoms with Crippen LogP contribution in [-0.4, -0.2) is 22.2 Å². The number of aryl methyl sites for hydroxylation is 2. The van der Waals surface area contributed by atoms with Crippen molar-refractivity contribution < 1.29 is 19.8 Å². The average Bonchev–Trinajstić information content (AvgIpc) is 2.42. The van der Waals surface area contributed by atoms with Crippen LogP contribution in [0.25, 0.3) is 0 Å². The normalized spacial score (nSPS) is 9.50. The van der Waals surface area contributed by atoms with Crippen molar-refractivity contribution in [2.24, 2.45) is 0 Å². The molecule has 20 heavy (non-hydrogen) atoms. The topological polar surface area (TPSA) is 74.6 Å². The lowest BCUT2D eigenvalue weighted by Gasteiger charge is -2.03. The van der Waals surface area contributed by atoms with Gasteiger partial charge in [-0.1, -0.05) is 38.1 Å². The van der Waals surface area contributed by atoms with E-state index in [1.165, 1.54) is 0 Å². The number of carboxylic acids is 2. The van der Waals surface area contributed by atoms with Crippen molar-refractivity contribution in [3.05, 3.63) is 35.4 Å². The summed E-state index contributed by atoms with van der Waals surface area (Å²) in [6.07, 6.45) is 3.21. The maximum Gasteiger partial charge on any atom is 0.303 e. The molecule has 1 aromatic rings. The fourth-order valence-corrected chi connectivity index (χ4v) is 1.76. The van der Waals surface area contributed by atoms with Crippen molar-refractivity contribution in [1.29, 1.82) is 0 Å². The summed E-state index contributed by atoms with van der Waals surface area (Å²) < 4.78 is 0. The van der Waals surface area contributed by atoms with Crippen molar-refractivity contribution in [3.8, 4) is 0 Å². The Kier molecular flexibility index (Phi) is 10.0. The zero-order chi connectivity index (χ0) is 15.4. The van der Waals surface area contributed by atoms with Crippen molar-refractivity contribution in [3.63, 3.8) is 0 Å². The first-order valence-electron chi connectivity index (χ1n) is 7.09. The molecule has 4 nitrogen and oxygen atoms in total. The smallest absolute Gasteiger partial charge is 0.303 e. The van der Waals surface area contributed by atoms with E-state index in [0.717, 1.165) is 24.0 Å². The van der Waals surface area contributed by atoms with E-state index in [1.54, 1.807) is 0 Å². The highest BCUT2D eigenvalue weighted by Crippen LogP contribution is 2.10. The standard InChI is InChI=1S/C14H18O4.C2H6/c15-13(16)5-1-3-11-7-9-12(10-8-11)4-2-6-14(17)18;1-2/h7-10H,1-6H2,(H,15,16)(H,17,18);1-2H3. The summed E-state index contributed by atoms with van der Waals surface area (Å²) in [4.78, 5) is 20.7. The summed E-state index contributed by atoms with van der Waals surface area (Å²) in [5.74, 6) is -1.53. The number of benzene rings is 1. The highest BCUT2D eigenvalue weighted by molar-refractivity contribution is 5.66. The van der Waals surface area contributed by atoms with E-state index in [0.29, 0.717) is 12.8 Å². The molecule has 0 aromatic heterocycles. The van der Waals surface area contributed by atoms with Crippen LogP contribution < -0.4 is 0 Å². The van der Waals surface area contributed by atoms with Gasteiger partial charge in [0.05, 0.1) is 0 Å². The van der Waals surface area contributed by atoms with Crippen molar-refractivity contribution in [1.82, 2.24) is 0 Å². The van der Waals surface area contributed by atoms with E-state index >= 15 is 0 Å². The quantitative estimate of drug-likeness (QED) is 0.764. The molecular formula is C16H24O4. The van der Waals surface area contributed by atoms with E-state index < -0.39 is 11.9 Å². The Balaban J connectivity index is 0.00000172. The van der Waals surface area contributed by atoms with Gasteiger partial charge in [0.25, 0.3) is 0 Å². The van der Waals surface area contributed by atoms with Gasteiger partial charge in [-0.05, 0) is 36.8 Å². The van der Waals surface area contributed by atoms with E-state index in [2.05, 4.69) is 0 Å². The van der Waals surface area contributed by atoms with Gasteiger partial charge in [0.1, 0.15) is 0 Å². The molecule has 2 N–H and O–H groups in total. The van der Waals surface area contributed by atoms with E-state index in [4.69, 9.17) is 10.2 Å². The molecule has 0 aliphatic rings. The largest absolute Gasteiger partial charge is 0.481 e. The van der Waals surface area contributed by atoms with Gasteiger partial charge in [-0.25, -0.2) is 0 Å². The first kappa shape index (κ1) is 18.2. The molecule has 1 aromatic carbocycles. The van der Waals surface area contributed by atoms with Crippen LogP contribution in [-0.2, 0) is 22.4 Å². The predicted octanol–water partition coefficient (Wildman–Crippen LogP) is 3.53. The molecule has 0 saturated heterocycles. The molecule has 0 fully saturated rings. The third-order valence-electron chi connectivity index (χ3n) is 2.74. The Labute approximate surface area is 120 Å². The molecule has 0 spiro atoms. The maximum absolute atomic E-state index is 10.4. The second-order valence-corrected chi connectivity index (χ2v) is 4.31. The van der Waals surface area contributed by atoms with E-state index in [9.17, 15) is 9.59 Å². The second-order valence-electron chi connectivity index (χ2n) is 4.31.